The monoisotopic (exact) mass is 498 g/mol. The van der Waals surface area contributed by atoms with Crippen LogP contribution in [0.1, 0.15) is 33.1 Å². The van der Waals surface area contributed by atoms with E-state index in [4.69, 9.17) is 21.1 Å². The number of ketones is 1. The minimum absolute atomic E-state index is 0.153. The normalized spacial score (nSPS) is 21.4. The van der Waals surface area contributed by atoms with Crippen molar-refractivity contribution in [3.8, 4) is 0 Å². The van der Waals surface area contributed by atoms with Crippen LogP contribution in [-0.2, 0) is 19.1 Å². The van der Waals surface area contributed by atoms with E-state index < -0.39 is 11.6 Å². The van der Waals surface area contributed by atoms with Crippen molar-refractivity contribution in [1.82, 2.24) is 14.9 Å². The Balaban J connectivity index is 1.36. The molecule has 0 saturated carbocycles. The smallest absolute Gasteiger partial charge is 0.244 e. The molecule has 3 aromatic rings. The van der Waals surface area contributed by atoms with E-state index in [1.807, 2.05) is 30.9 Å². The molecule has 2 saturated heterocycles. The number of rotatable bonds is 6. The zero-order valence-corrected chi connectivity index (χ0v) is 20.9. The second-order valence-electron chi connectivity index (χ2n) is 10.2. The van der Waals surface area contributed by atoms with Gasteiger partial charge in [0.2, 0.25) is 5.91 Å². The van der Waals surface area contributed by atoms with Crippen LogP contribution in [0.5, 0.6) is 0 Å². The number of amides is 1. The number of pyridine rings is 1. The quantitative estimate of drug-likeness (QED) is 0.529. The van der Waals surface area contributed by atoms with E-state index in [0.29, 0.717) is 42.8 Å². The first-order valence-electron chi connectivity index (χ1n) is 12.1. The molecule has 35 heavy (non-hydrogen) atoms. The number of morpholine rings is 1. The van der Waals surface area contributed by atoms with E-state index in [9.17, 15) is 9.59 Å². The van der Waals surface area contributed by atoms with Crippen LogP contribution < -0.4 is 5.32 Å². The Kier molecular flexibility index (Phi) is 6.81. The van der Waals surface area contributed by atoms with Gasteiger partial charge in [-0.2, -0.15) is 0 Å². The molecule has 2 aliphatic rings. The number of benzene rings is 1. The van der Waals surface area contributed by atoms with E-state index in [0.717, 1.165) is 34.6 Å². The number of anilines is 1. The molecule has 0 unspecified atom stereocenters. The fourth-order valence-electron chi connectivity index (χ4n) is 5.16. The summed E-state index contributed by atoms with van der Waals surface area (Å²) in [5.74, 6) is 0.286. The number of carbonyl (C=O) groups is 2. The van der Waals surface area contributed by atoms with Crippen LogP contribution in [-0.4, -0.2) is 71.1 Å². The zero-order valence-electron chi connectivity index (χ0n) is 20.1. The number of aromatic amines is 1. The molecule has 2 N–H and O–H groups in total. The second-order valence-corrected chi connectivity index (χ2v) is 10.6. The zero-order chi connectivity index (χ0) is 24.6. The van der Waals surface area contributed by atoms with Gasteiger partial charge in [0, 0.05) is 48.2 Å². The van der Waals surface area contributed by atoms with Crippen molar-refractivity contribution in [2.45, 2.75) is 44.8 Å². The van der Waals surface area contributed by atoms with Crippen molar-refractivity contribution in [2.75, 3.05) is 38.2 Å². The lowest BCUT2D eigenvalue weighted by Crippen LogP contribution is -2.59. The highest BCUT2D eigenvalue weighted by Crippen LogP contribution is 2.33. The number of nitrogens with one attached hydrogen (secondary N) is 2. The summed E-state index contributed by atoms with van der Waals surface area (Å²) >= 11 is 6.41. The third-order valence-corrected chi connectivity index (χ3v) is 7.15. The second kappa shape index (κ2) is 9.85. The Bertz CT molecular complexity index is 1250. The summed E-state index contributed by atoms with van der Waals surface area (Å²) in [4.78, 5) is 35.9. The molecule has 8 nitrogen and oxygen atoms in total. The van der Waals surface area contributed by atoms with E-state index in [1.54, 1.807) is 18.5 Å². The maximum absolute atomic E-state index is 13.5. The summed E-state index contributed by atoms with van der Waals surface area (Å²) in [6, 6.07) is 4.94. The minimum Gasteiger partial charge on any atom is -0.381 e. The van der Waals surface area contributed by atoms with E-state index in [2.05, 4.69) is 15.3 Å². The number of Topliss-reactive ketones (excluding diaryl/α,β-unsaturated/α-hetero) is 1. The Morgan fingerprint density at radius 3 is 2.86 bits per heavy atom. The Labute approximate surface area is 209 Å². The van der Waals surface area contributed by atoms with Crippen molar-refractivity contribution < 1.29 is 19.1 Å². The standard InChI is InChI=1S/C26H31ClN4O4/c1-26(2)15-31(13-18(32)9-16-4-7-34-8-5-16)23(14-35-26)25(33)30-21-11-17(27)10-20-19-3-6-28-12-22(19)29-24(20)21/h3,6,10-12,16,23,29H,4-5,7-9,13-15H2,1-2H3,(H,30,33)/t23-/m0/s1. The topological polar surface area (TPSA) is 96.6 Å². The largest absolute Gasteiger partial charge is 0.381 e. The number of halogens is 1. The first-order chi connectivity index (χ1) is 16.8. The summed E-state index contributed by atoms with van der Waals surface area (Å²) in [5, 5.41) is 5.46. The van der Waals surface area contributed by atoms with Crippen LogP contribution in [0.4, 0.5) is 5.69 Å². The van der Waals surface area contributed by atoms with Gasteiger partial charge in [-0.3, -0.25) is 19.5 Å². The number of nitrogens with zero attached hydrogens (tertiary/aromatic N) is 2. The molecule has 1 aromatic carbocycles. The van der Waals surface area contributed by atoms with Crippen LogP contribution in [0.25, 0.3) is 21.8 Å². The first kappa shape index (κ1) is 24.2. The third-order valence-electron chi connectivity index (χ3n) is 6.93. The van der Waals surface area contributed by atoms with Crippen LogP contribution in [0, 0.1) is 5.92 Å². The van der Waals surface area contributed by atoms with Gasteiger partial charge in [0.05, 0.1) is 41.7 Å². The predicted molar refractivity (Wildman–Crippen MR) is 136 cm³/mol. The number of H-pyrrole nitrogens is 1. The third kappa shape index (κ3) is 5.35. The molecule has 0 aliphatic carbocycles. The molecule has 9 heteroatoms. The van der Waals surface area contributed by atoms with Gasteiger partial charge in [-0.05, 0) is 50.8 Å². The van der Waals surface area contributed by atoms with E-state index in [1.165, 1.54) is 0 Å². The number of carbonyl (C=O) groups excluding carboxylic acids is 2. The number of fused-ring (bicyclic) bond motifs is 3. The van der Waals surface area contributed by atoms with Gasteiger partial charge in [0.15, 0.2) is 0 Å². The van der Waals surface area contributed by atoms with Gasteiger partial charge in [-0.25, -0.2) is 0 Å². The van der Waals surface area contributed by atoms with E-state index >= 15 is 0 Å². The van der Waals surface area contributed by atoms with Crippen LogP contribution in [0.2, 0.25) is 5.02 Å². The number of hydrogen-bond donors (Lipinski definition) is 2. The average Bonchev–Trinajstić information content (AvgIpc) is 3.18. The summed E-state index contributed by atoms with van der Waals surface area (Å²) < 4.78 is 11.4. The van der Waals surface area contributed by atoms with Gasteiger partial charge in [0.1, 0.15) is 11.8 Å². The van der Waals surface area contributed by atoms with Gasteiger partial charge in [0.25, 0.3) is 0 Å². The van der Waals surface area contributed by atoms with Gasteiger partial charge < -0.3 is 19.8 Å². The predicted octanol–water partition coefficient (Wildman–Crippen LogP) is 4.17. The first-order valence-corrected chi connectivity index (χ1v) is 12.5. The van der Waals surface area contributed by atoms with Crippen molar-refractivity contribution >= 4 is 50.8 Å². The Hall–Kier alpha value is -2.52. The Morgan fingerprint density at radius 1 is 1.26 bits per heavy atom. The van der Waals surface area contributed by atoms with Gasteiger partial charge in [-0.15, -0.1) is 0 Å². The summed E-state index contributed by atoms with van der Waals surface area (Å²) in [7, 11) is 0. The number of aromatic nitrogens is 2. The van der Waals surface area contributed by atoms with Crippen molar-refractivity contribution in [2.24, 2.45) is 5.92 Å². The van der Waals surface area contributed by atoms with Crippen molar-refractivity contribution in [3.05, 3.63) is 35.6 Å². The highest BCUT2D eigenvalue weighted by Gasteiger charge is 2.38. The Morgan fingerprint density at radius 2 is 2.06 bits per heavy atom. The van der Waals surface area contributed by atoms with Crippen molar-refractivity contribution in [1.29, 1.82) is 0 Å². The number of hydrogen-bond acceptors (Lipinski definition) is 6. The molecule has 2 aromatic heterocycles. The van der Waals surface area contributed by atoms with Crippen LogP contribution in [0.3, 0.4) is 0 Å². The molecule has 0 spiro atoms. The van der Waals surface area contributed by atoms with Crippen LogP contribution in [0.15, 0.2) is 30.6 Å². The molecule has 186 valence electrons. The molecule has 1 atom stereocenters. The highest BCUT2D eigenvalue weighted by atomic mass is 35.5. The molecule has 5 rings (SSSR count). The maximum atomic E-state index is 13.5. The molecule has 0 radical (unpaired) electrons. The molecular weight excluding hydrogens is 468 g/mol. The SMILES string of the molecule is CC1(C)CN(CC(=O)CC2CCOCC2)[C@H](C(=O)Nc2cc(Cl)cc3c2[nH]c2cnccc23)CO1. The summed E-state index contributed by atoms with van der Waals surface area (Å²) in [6.07, 6.45) is 5.82. The number of ether oxygens (including phenoxy) is 2. The fourth-order valence-corrected chi connectivity index (χ4v) is 5.38. The molecule has 0 bridgehead atoms. The lowest BCUT2D eigenvalue weighted by atomic mass is 9.93. The fraction of sp³-hybridized carbons (Fsp3) is 0.500. The van der Waals surface area contributed by atoms with Crippen molar-refractivity contribution in [3.63, 3.8) is 0 Å². The molecule has 2 fully saturated rings. The van der Waals surface area contributed by atoms with E-state index in [-0.39, 0.29) is 24.8 Å². The maximum Gasteiger partial charge on any atom is 0.244 e. The summed E-state index contributed by atoms with van der Waals surface area (Å²) in [5.41, 5.74) is 1.80. The molecule has 1 amide bonds. The minimum atomic E-state index is -0.582. The summed E-state index contributed by atoms with van der Waals surface area (Å²) in [6.45, 7) is 6.33. The molecule has 2 aliphatic heterocycles. The highest BCUT2D eigenvalue weighted by molar-refractivity contribution is 6.33. The molecular formula is C26H31ClN4O4. The van der Waals surface area contributed by atoms with Gasteiger partial charge >= 0.3 is 0 Å². The van der Waals surface area contributed by atoms with Crippen LogP contribution >= 0.6 is 11.6 Å². The molecule has 4 heterocycles. The lowest BCUT2D eigenvalue weighted by molar-refractivity contribution is -0.146. The lowest BCUT2D eigenvalue weighted by Gasteiger charge is -2.42. The van der Waals surface area contributed by atoms with Gasteiger partial charge in [-0.1, -0.05) is 11.6 Å². The average molecular weight is 499 g/mol.